The molecule has 0 aliphatic carbocycles. The predicted octanol–water partition coefficient (Wildman–Crippen LogP) is 4.46. The van der Waals surface area contributed by atoms with E-state index >= 15 is 0 Å². The van der Waals surface area contributed by atoms with E-state index in [-0.39, 0.29) is 12.3 Å². The van der Waals surface area contributed by atoms with Gasteiger partial charge in [-0.25, -0.2) is 4.39 Å². The second kappa shape index (κ2) is 6.78. The van der Waals surface area contributed by atoms with E-state index in [4.69, 9.17) is 27.9 Å². The molecular weight excluding hydrogens is 316 g/mol. The molecule has 0 saturated heterocycles. The summed E-state index contributed by atoms with van der Waals surface area (Å²) in [4.78, 5) is 11.8. The highest BCUT2D eigenvalue weighted by Gasteiger charge is 2.09. The van der Waals surface area contributed by atoms with E-state index in [1.54, 1.807) is 18.2 Å². The fourth-order valence-corrected chi connectivity index (χ4v) is 2.10. The third kappa shape index (κ3) is 4.34. The molecule has 0 aliphatic rings. The molecule has 0 atom stereocenters. The van der Waals surface area contributed by atoms with Gasteiger partial charge < -0.3 is 10.1 Å². The van der Waals surface area contributed by atoms with Crippen LogP contribution in [-0.4, -0.2) is 12.5 Å². The van der Waals surface area contributed by atoms with Crippen molar-refractivity contribution in [3.05, 3.63) is 57.8 Å². The molecule has 0 heterocycles. The second-order valence-electron chi connectivity index (χ2n) is 4.37. The Morgan fingerprint density at radius 3 is 2.57 bits per heavy atom. The maximum absolute atomic E-state index is 13.5. The summed E-state index contributed by atoms with van der Waals surface area (Å²) in [5, 5.41) is 3.33. The summed E-state index contributed by atoms with van der Waals surface area (Å²) >= 11 is 11.6. The Hall–Kier alpha value is -1.78. The van der Waals surface area contributed by atoms with Crippen LogP contribution in [0.4, 0.5) is 10.1 Å². The molecule has 1 N–H and O–H groups in total. The molecule has 0 aliphatic heterocycles. The van der Waals surface area contributed by atoms with E-state index in [1.165, 1.54) is 18.2 Å². The third-order valence-electron chi connectivity index (χ3n) is 2.70. The normalized spacial score (nSPS) is 10.3. The van der Waals surface area contributed by atoms with Gasteiger partial charge >= 0.3 is 0 Å². The van der Waals surface area contributed by atoms with Crippen LogP contribution in [0.3, 0.4) is 0 Å². The number of anilines is 1. The molecule has 0 bridgehead atoms. The first kappa shape index (κ1) is 15.6. The number of rotatable bonds is 4. The third-order valence-corrected chi connectivity index (χ3v) is 3.17. The highest BCUT2D eigenvalue weighted by Crippen LogP contribution is 2.22. The van der Waals surface area contributed by atoms with Crippen LogP contribution in [0.1, 0.15) is 5.56 Å². The summed E-state index contributed by atoms with van der Waals surface area (Å²) in [6.45, 7) is 1.57. The number of halogens is 3. The van der Waals surface area contributed by atoms with Gasteiger partial charge in [-0.2, -0.15) is 0 Å². The topological polar surface area (TPSA) is 38.3 Å². The van der Waals surface area contributed by atoms with Crippen molar-refractivity contribution < 1.29 is 13.9 Å². The minimum atomic E-state index is -0.560. The van der Waals surface area contributed by atoms with Crippen LogP contribution in [0, 0.1) is 12.7 Å². The fourth-order valence-electron chi connectivity index (χ4n) is 1.70. The van der Waals surface area contributed by atoms with Gasteiger partial charge in [-0.3, -0.25) is 4.79 Å². The average molecular weight is 328 g/mol. The molecule has 21 heavy (non-hydrogen) atoms. The van der Waals surface area contributed by atoms with Crippen LogP contribution in [0.25, 0.3) is 0 Å². The monoisotopic (exact) mass is 327 g/mol. The molecule has 2 rings (SSSR count). The number of hydrogen-bond donors (Lipinski definition) is 1. The number of nitrogens with one attached hydrogen (secondary N) is 1. The fraction of sp³-hybridized carbons (Fsp3) is 0.133. The number of carbonyl (C=O) groups is 1. The first-order valence-corrected chi connectivity index (χ1v) is 6.85. The summed E-state index contributed by atoms with van der Waals surface area (Å²) in [7, 11) is 0. The van der Waals surface area contributed by atoms with Gasteiger partial charge in [0.1, 0.15) is 11.6 Å². The van der Waals surface area contributed by atoms with Crippen molar-refractivity contribution in [1.82, 2.24) is 0 Å². The average Bonchev–Trinajstić information content (AvgIpc) is 2.42. The first-order valence-electron chi connectivity index (χ1n) is 6.09. The molecule has 0 aromatic heterocycles. The molecule has 0 unspecified atom stereocenters. The molecule has 1 amide bonds. The van der Waals surface area contributed by atoms with Crippen LogP contribution in [0.15, 0.2) is 36.4 Å². The SMILES string of the molecule is Cc1cc(Cl)ccc1OCC(=O)Nc1cc(Cl)ccc1F. The molecule has 0 radical (unpaired) electrons. The minimum Gasteiger partial charge on any atom is -0.483 e. The zero-order chi connectivity index (χ0) is 15.4. The molecule has 0 saturated carbocycles. The number of benzene rings is 2. The first-order chi connectivity index (χ1) is 9.95. The van der Waals surface area contributed by atoms with Crippen molar-refractivity contribution in [1.29, 1.82) is 0 Å². The summed E-state index contributed by atoms with van der Waals surface area (Å²) < 4.78 is 18.8. The van der Waals surface area contributed by atoms with Gasteiger partial charge in [0, 0.05) is 10.0 Å². The highest BCUT2D eigenvalue weighted by atomic mass is 35.5. The summed E-state index contributed by atoms with van der Waals surface area (Å²) in [6.07, 6.45) is 0. The van der Waals surface area contributed by atoms with Gasteiger partial charge in [-0.15, -0.1) is 0 Å². The summed E-state index contributed by atoms with van der Waals surface area (Å²) in [6, 6.07) is 8.99. The molecule has 110 valence electrons. The Balaban J connectivity index is 1.97. The van der Waals surface area contributed by atoms with Crippen LogP contribution >= 0.6 is 23.2 Å². The molecule has 2 aromatic rings. The summed E-state index contributed by atoms with van der Waals surface area (Å²) in [5.41, 5.74) is 0.827. The van der Waals surface area contributed by atoms with E-state index in [0.29, 0.717) is 15.8 Å². The maximum atomic E-state index is 13.5. The zero-order valence-corrected chi connectivity index (χ0v) is 12.6. The Kier molecular flexibility index (Phi) is 5.04. The van der Waals surface area contributed by atoms with Crippen molar-refractivity contribution in [2.24, 2.45) is 0 Å². The zero-order valence-electron chi connectivity index (χ0n) is 11.1. The van der Waals surface area contributed by atoms with Gasteiger partial charge in [0.25, 0.3) is 5.91 Å². The van der Waals surface area contributed by atoms with E-state index in [2.05, 4.69) is 5.32 Å². The Bertz CT molecular complexity index is 677. The predicted molar refractivity (Wildman–Crippen MR) is 81.7 cm³/mol. The van der Waals surface area contributed by atoms with Gasteiger partial charge in [0.05, 0.1) is 5.69 Å². The second-order valence-corrected chi connectivity index (χ2v) is 5.24. The van der Waals surface area contributed by atoms with Crippen LogP contribution in [0.5, 0.6) is 5.75 Å². The standard InChI is InChI=1S/C15H12Cl2FNO2/c1-9-6-10(16)3-5-14(9)21-8-15(20)19-13-7-11(17)2-4-12(13)18/h2-7H,8H2,1H3,(H,19,20). The molecule has 6 heteroatoms. The summed E-state index contributed by atoms with van der Waals surface area (Å²) in [5.74, 6) is -0.498. The number of aryl methyl sites for hydroxylation is 1. The largest absolute Gasteiger partial charge is 0.483 e. The molecule has 2 aromatic carbocycles. The van der Waals surface area contributed by atoms with Crippen molar-refractivity contribution in [3.8, 4) is 5.75 Å². The highest BCUT2D eigenvalue weighted by molar-refractivity contribution is 6.31. The Morgan fingerprint density at radius 1 is 1.19 bits per heavy atom. The molecule has 0 spiro atoms. The number of carbonyl (C=O) groups excluding carboxylic acids is 1. The molecule has 3 nitrogen and oxygen atoms in total. The van der Waals surface area contributed by atoms with Gasteiger partial charge in [0.2, 0.25) is 0 Å². The smallest absolute Gasteiger partial charge is 0.262 e. The lowest BCUT2D eigenvalue weighted by molar-refractivity contribution is -0.118. The van der Waals surface area contributed by atoms with E-state index < -0.39 is 11.7 Å². The Labute approximate surface area is 131 Å². The van der Waals surface area contributed by atoms with Crippen LogP contribution in [0.2, 0.25) is 10.0 Å². The number of ether oxygens (including phenoxy) is 1. The quantitative estimate of drug-likeness (QED) is 0.900. The van der Waals surface area contributed by atoms with Gasteiger partial charge in [-0.05, 0) is 48.9 Å². The van der Waals surface area contributed by atoms with E-state index in [9.17, 15) is 9.18 Å². The Morgan fingerprint density at radius 2 is 1.86 bits per heavy atom. The maximum Gasteiger partial charge on any atom is 0.262 e. The van der Waals surface area contributed by atoms with E-state index in [0.717, 1.165) is 5.56 Å². The lowest BCUT2D eigenvalue weighted by Crippen LogP contribution is -2.21. The molecule has 0 fully saturated rings. The van der Waals surface area contributed by atoms with Gasteiger partial charge in [-0.1, -0.05) is 23.2 Å². The minimum absolute atomic E-state index is 0.0175. The van der Waals surface area contributed by atoms with Gasteiger partial charge in [0.15, 0.2) is 6.61 Å². The molecular formula is C15H12Cl2FNO2. The lowest BCUT2D eigenvalue weighted by Gasteiger charge is -2.10. The number of amides is 1. The lowest BCUT2D eigenvalue weighted by atomic mass is 10.2. The van der Waals surface area contributed by atoms with E-state index in [1.807, 2.05) is 6.92 Å². The number of hydrogen-bond acceptors (Lipinski definition) is 2. The van der Waals surface area contributed by atoms with Crippen molar-refractivity contribution in [2.75, 3.05) is 11.9 Å². The van der Waals surface area contributed by atoms with Crippen molar-refractivity contribution in [3.63, 3.8) is 0 Å². The van der Waals surface area contributed by atoms with Crippen LogP contribution < -0.4 is 10.1 Å². The van der Waals surface area contributed by atoms with Crippen LogP contribution in [-0.2, 0) is 4.79 Å². The van der Waals surface area contributed by atoms with Crippen molar-refractivity contribution >= 4 is 34.8 Å². The van der Waals surface area contributed by atoms with Crippen molar-refractivity contribution in [2.45, 2.75) is 6.92 Å².